The summed E-state index contributed by atoms with van der Waals surface area (Å²) in [5.41, 5.74) is 0. The minimum Gasteiger partial charge on any atom is -0.309 e. The van der Waals surface area contributed by atoms with Gasteiger partial charge in [-0.25, -0.2) is 0 Å². The van der Waals surface area contributed by atoms with Gasteiger partial charge in [-0.05, 0) is 18.7 Å². The van der Waals surface area contributed by atoms with Crippen LogP contribution in [-0.2, 0) is 4.79 Å². The monoisotopic (exact) mass is 232 g/mol. The minimum absolute atomic E-state index is 0.0466. The van der Waals surface area contributed by atoms with Crippen LogP contribution in [0.3, 0.4) is 0 Å². The molecule has 1 aromatic rings. The van der Waals surface area contributed by atoms with Crippen molar-refractivity contribution in [1.82, 2.24) is 5.32 Å². The molecular weight excluding hydrogens is 220 g/mol. The minimum atomic E-state index is 0.0466. The lowest BCUT2D eigenvalue weighted by molar-refractivity contribution is -0.117. The summed E-state index contributed by atoms with van der Waals surface area (Å²) in [5, 5.41) is 3.86. The van der Waals surface area contributed by atoms with Crippen LogP contribution in [0.25, 0.3) is 0 Å². The molecule has 14 heavy (non-hydrogen) atoms. The lowest BCUT2D eigenvalue weighted by Crippen LogP contribution is -2.34. The van der Waals surface area contributed by atoms with E-state index in [-0.39, 0.29) is 5.91 Å². The van der Waals surface area contributed by atoms with Crippen molar-refractivity contribution in [1.29, 1.82) is 0 Å². The summed E-state index contributed by atoms with van der Waals surface area (Å²) in [5.74, 6) is 0.0466. The average Bonchev–Trinajstić information content (AvgIpc) is 2.60. The van der Waals surface area contributed by atoms with Crippen molar-refractivity contribution in [2.45, 2.75) is 6.92 Å². The molecule has 1 N–H and O–H groups in total. The third-order valence-corrected chi connectivity index (χ3v) is 3.10. The first kappa shape index (κ1) is 11.5. The van der Waals surface area contributed by atoms with Crippen LogP contribution in [0.4, 0.5) is 5.00 Å². The zero-order valence-corrected chi connectivity index (χ0v) is 9.78. The summed E-state index contributed by atoms with van der Waals surface area (Å²) >= 11 is 7.18. The fraction of sp³-hybridized carbons (Fsp3) is 0.444. The molecule has 0 aromatic carbocycles. The molecule has 0 atom stereocenters. The van der Waals surface area contributed by atoms with Gasteiger partial charge in [0.2, 0.25) is 5.91 Å². The van der Waals surface area contributed by atoms with Crippen LogP contribution in [0.5, 0.6) is 0 Å². The quantitative estimate of drug-likeness (QED) is 0.861. The number of thiophene rings is 1. The standard InChI is InChI=1S/C9H13ClN2OS/c1-3-11-6-8(13)12(2)9-5-4-7(10)14-9/h4-5,11H,3,6H2,1-2H3. The number of carbonyl (C=O) groups is 1. The highest BCUT2D eigenvalue weighted by atomic mass is 35.5. The molecule has 0 radical (unpaired) electrons. The summed E-state index contributed by atoms with van der Waals surface area (Å²) in [6.07, 6.45) is 0. The maximum atomic E-state index is 11.5. The van der Waals surface area contributed by atoms with E-state index in [1.54, 1.807) is 18.0 Å². The topological polar surface area (TPSA) is 32.3 Å². The van der Waals surface area contributed by atoms with Crippen LogP contribution >= 0.6 is 22.9 Å². The number of hydrogen-bond acceptors (Lipinski definition) is 3. The number of nitrogens with one attached hydrogen (secondary N) is 1. The highest BCUT2D eigenvalue weighted by Crippen LogP contribution is 2.28. The SMILES string of the molecule is CCNCC(=O)N(C)c1ccc(Cl)s1. The molecule has 0 fully saturated rings. The predicted octanol–water partition coefficient (Wildman–Crippen LogP) is 1.97. The second-order valence-corrected chi connectivity index (χ2v) is 4.50. The Bertz CT molecular complexity index is 314. The van der Waals surface area contributed by atoms with Crippen molar-refractivity contribution in [2.24, 2.45) is 0 Å². The van der Waals surface area contributed by atoms with Gasteiger partial charge in [-0.1, -0.05) is 18.5 Å². The Balaban J connectivity index is 2.56. The summed E-state index contributed by atoms with van der Waals surface area (Å²) < 4.78 is 0.697. The number of rotatable bonds is 4. The van der Waals surface area contributed by atoms with E-state index in [4.69, 9.17) is 11.6 Å². The van der Waals surface area contributed by atoms with Crippen molar-refractivity contribution >= 4 is 33.8 Å². The van der Waals surface area contributed by atoms with Gasteiger partial charge < -0.3 is 10.2 Å². The van der Waals surface area contributed by atoms with E-state index in [0.29, 0.717) is 10.9 Å². The molecular formula is C9H13ClN2OS. The number of hydrogen-bond donors (Lipinski definition) is 1. The van der Waals surface area contributed by atoms with E-state index in [9.17, 15) is 4.79 Å². The second-order valence-electron chi connectivity index (χ2n) is 2.81. The highest BCUT2D eigenvalue weighted by molar-refractivity contribution is 7.20. The van der Waals surface area contributed by atoms with Gasteiger partial charge in [-0.15, -0.1) is 11.3 Å². The summed E-state index contributed by atoms with van der Waals surface area (Å²) in [7, 11) is 1.75. The predicted molar refractivity (Wildman–Crippen MR) is 61.3 cm³/mol. The van der Waals surface area contributed by atoms with Crippen molar-refractivity contribution in [3.8, 4) is 0 Å². The maximum Gasteiger partial charge on any atom is 0.241 e. The van der Waals surface area contributed by atoms with Crippen LogP contribution in [0.1, 0.15) is 6.92 Å². The number of carbonyl (C=O) groups excluding carboxylic acids is 1. The molecule has 0 unspecified atom stereocenters. The first-order valence-electron chi connectivity index (χ1n) is 4.37. The van der Waals surface area contributed by atoms with Gasteiger partial charge in [0, 0.05) is 7.05 Å². The number of anilines is 1. The smallest absolute Gasteiger partial charge is 0.241 e. The largest absolute Gasteiger partial charge is 0.309 e. The van der Waals surface area contributed by atoms with Crippen LogP contribution in [-0.4, -0.2) is 26.0 Å². The van der Waals surface area contributed by atoms with Gasteiger partial charge in [0.05, 0.1) is 15.9 Å². The van der Waals surface area contributed by atoms with Crippen LogP contribution in [0.2, 0.25) is 4.34 Å². The third kappa shape index (κ3) is 2.97. The molecule has 0 aliphatic rings. The number of nitrogens with zero attached hydrogens (tertiary/aromatic N) is 1. The van der Waals surface area contributed by atoms with Gasteiger partial charge in [-0.2, -0.15) is 0 Å². The number of likely N-dealkylation sites (N-methyl/N-ethyl adjacent to an activating group) is 2. The van der Waals surface area contributed by atoms with Gasteiger partial charge in [0.25, 0.3) is 0 Å². The molecule has 3 nitrogen and oxygen atoms in total. The Morgan fingerprint density at radius 2 is 2.36 bits per heavy atom. The van der Waals surface area contributed by atoms with Crippen molar-refractivity contribution in [3.63, 3.8) is 0 Å². The molecule has 1 rings (SSSR count). The lowest BCUT2D eigenvalue weighted by atomic mass is 10.5. The van der Waals surface area contributed by atoms with Gasteiger partial charge in [-0.3, -0.25) is 4.79 Å². The van der Waals surface area contributed by atoms with E-state index in [0.717, 1.165) is 11.5 Å². The third-order valence-electron chi connectivity index (χ3n) is 1.79. The first-order chi connectivity index (χ1) is 6.65. The Morgan fingerprint density at radius 3 is 2.86 bits per heavy atom. The molecule has 1 aromatic heterocycles. The molecule has 0 saturated heterocycles. The molecule has 1 amide bonds. The van der Waals surface area contributed by atoms with Crippen LogP contribution in [0, 0.1) is 0 Å². The maximum absolute atomic E-state index is 11.5. The van der Waals surface area contributed by atoms with E-state index < -0.39 is 0 Å². The summed E-state index contributed by atoms with van der Waals surface area (Å²) in [6, 6.07) is 3.63. The molecule has 0 saturated carbocycles. The fourth-order valence-corrected chi connectivity index (χ4v) is 1.97. The fourth-order valence-electron chi connectivity index (χ4n) is 0.958. The average molecular weight is 233 g/mol. The molecule has 1 heterocycles. The number of halogens is 1. The highest BCUT2D eigenvalue weighted by Gasteiger charge is 2.11. The van der Waals surface area contributed by atoms with Crippen molar-refractivity contribution in [3.05, 3.63) is 16.5 Å². The van der Waals surface area contributed by atoms with E-state index >= 15 is 0 Å². The molecule has 0 bridgehead atoms. The van der Waals surface area contributed by atoms with Gasteiger partial charge in [0.15, 0.2) is 0 Å². The molecule has 78 valence electrons. The molecule has 0 aliphatic heterocycles. The normalized spacial score (nSPS) is 10.2. The zero-order valence-electron chi connectivity index (χ0n) is 8.21. The Labute approximate surface area is 92.7 Å². The Hall–Kier alpha value is -0.580. The number of amides is 1. The van der Waals surface area contributed by atoms with E-state index in [1.165, 1.54) is 11.3 Å². The second kappa shape index (κ2) is 5.34. The van der Waals surface area contributed by atoms with Crippen LogP contribution < -0.4 is 10.2 Å². The summed E-state index contributed by atoms with van der Waals surface area (Å²) in [6.45, 7) is 3.13. The molecule has 5 heteroatoms. The van der Waals surface area contributed by atoms with E-state index in [2.05, 4.69) is 5.32 Å². The van der Waals surface area contributed by atoms with Crippen molar-refractivity contribution in [2.75, 3.05) is 25.0 Å². The Kier molecular flexibility index (Phi) is 4.38. The van der Waals surface area contributed by atoms with Crippen molar-refractivity contribution < 1.29 is 4.79 Å². The summed E-state index contributed by atoms with van der Waals surface area (Å²) in [4.78, 5) is 13.1. The lowest BCUT2D eigenvalue weighted by Gasteiger charge is -2.14. The molecule has 0 spiro atoms. The first-order valence-corrected chi connectivity index (χ1v) is 5.57. The van der Waals surface area contributed by atoms with Gasteiger partial charge >= 0.3 is 0 Å². The van der Waals surface area contributed by atoms with E-state index in [1.807, 2.05) is 13.0 Å². The Morgan fingerprint density at radius 1 is 1.64 bits per heavy atom. The molecule has 0 aliphatic carbocycles. The zero-order chi connectivity index (χ0) is 10.6. The van der Waals surface area contributed by atoms with Crippen LogP contribution in [0.15, 0.2) is 12.1 Å². The van der Waals surface area contributed by atoms with Gasteiger partial charge in [0.1, 0.15) is 0 Å².